The van der Waals surface area contributed by atoms with Gasteiger partial charge in [-0.1, -0.05) is 17.9 Å². The first-order valence-electron chi connectivity index (χ1n) is 7.33. The average Bonchev–Trinajstić information content (AvgIpc) is 2.45. The monoisotopic (exact) mass is 290 g/mol. The molecular weight excluding hydrogens is 267 g/mol. The topological polar surface area (TPSA) is 26.7 Å². The van der Waals surface area contributed by atoms with Crippen molar-refractivity contribution in [3.63, 3.8) is 0 Å². The average molecular weight is 290 g/mol. The number of nitrogens with zero attached hydrogens (tertiary/aromatic N) is 2. The SMILES string of the molecule is CC1CN(Cc2ccc(F)cc2C#CCO)CC(C)N1C. The molecule has 1 fully saturated rings. The highest BCUT2D eigenvalue weighted by Gasteiger charge is 2.26. The summed E-state index contributed by atoms with van der Waals surface area (Å²) in [6, 6.07) is 5.72. The fourth-order valence-corrected chi connectivity index (χ4v) is 2.82. The van der Waals surface area contributed by atoms with Crippen LogP contribution in [-0.4, -0.2) is 53.7 Å². The first-order valence-corrected chi connectivity index (χ1v) is 7.33. The van der Waals surface area contributed by atoms with Gasteiger partial charge in [0.25, 0.3) is 0 Å². The predicted octanol–water partition coefficient (Wildman–Crippen LogP) is 1.69. The van der Waals surface area contributed by atoms with Gasteiger partial charge in [-0.25, -0.2) is 4.39 Å². The fraction of sp³-hybridized carbons (Fsp3) is 0.529. The minimum Gasteiger partial charge on any atom is -0.384 e. The third kappa shape index (κ3) is 4.04. The van der Waals surface area contributed by atoms with Crippen molar-refractivity contribution >= 4 is 0 Å². The molecule has 1 N–H and O–H groups in total. The van der Waals surface area contributed by atoms with Crippen molar-refractivity contribution in [2.75, 3.05) is 26.7 Å². The lowest BCUT2D eigenvalue weighted by Gasteiger charge is -2.42. The van der Waals surface area contributed by atoms with Gasteiger partial charge in [0.05, 0.1) is 0 Å². The van der Waals surface area contributed by atoms with Gasteiger partial charge in [0, 0.05) is 37.3 Å². The van der Waals surface area contributed by atoms with E-state index >= 15 is 0 Å². The van der Waals surface area contributed by atoms with Crippen molar-refractivity contribution in [3.8, 4) is 11.8 Å². The molecule has 3 nitrogen and oxygen atoms in total. The van der Waals surface area contributed by atoms with Crippen LogP contribution in [0.15, 0.2) is 18.2 Å². The number of aliphatic hydroxyl groups excluding tert-OH is 1. The maximum absolute atomic E-state index is 13.4. The molecular formula is C17H23FN2O. The van der Waals surface area contributed by atoms with Crippen LogP contribution < -0.4 is 0 Å². The van der Waals surface area contributed by atoms with Crippen LogP contribution >= 0.6 is 0 Å². The number of aliphatic hydroxyl groups is 1. The minimum absolute atomic E-state index is 0.210. The lowest BCUT2D eigenvalue weighted by molar-refractivity contribution is 0.0556. The van der Waals surface area contributed by atoms with Gasteiger partial charge in [-0.15, -0.1) is 0 Å². The summed E-state index contributed by atoms with van der Waals surface area (Å²) in [7, 11) is 2.16. The van der Waals surface area contributed by atoms with E-state index in [9.17, 15) is 4.39 Å². The zero-order valence-corrected chi connectivity index (χ0v) is 12.9. The van der Waals surface area contributed by atoms with Gasteiger partial charge in [0.2, 0.25) is 0 Å². The number of rotatable bonds is 2. The maximum atomic E-state index is 13.4. The van der Waals surface area contributed by atoms with E-state index in [2.05, 4.69) is 42.5 Å². The summed E-state index contributed by atoms with van der Waals surface area (Å²) < 4.78 is 13.4. The van der Waals surface area contributed by atoms with Crippen LogP contribution in [0.1, 0.15) is 25.0 Å². The van der Waals surface area contributed by atoms with Crippen molar-refractivity contribution in [2.45, 2.75) is 32.5 Å². The van der Waals surface area contributed by atoms with Crippen LogP contribution in [0.2, 0.25) is 0 Å². The molecule has 114 valence electrons. The number of hydrogen-bond acceptors (Lipinski definition) is 3. The number of benzene rings is 1. The summed E-state index contributed by atoms with van der Waals surface area (Å²) in [5, 5.41) is 8.82. The first kappa shape index (κ1) is 16.0. The highest BCUT2D eigenvalue weighted by Crippen LogP contribution is 2.18. The molecule has 0 saturated carbocycles. The summed E-state index contributed by atoms with van der Waals surface area (Å²) in [5.41, 5.74) is 1.68. The van der Waals surface area contributed by atoms with Gasteiger partial charge in [-0.05, 0) is 38.6 Å². The first-order chi connectivity index (χ1) is 10.0. The molecule has 2 unspecified atom stereocenters. The lowest BCUT2D eigenvalue weighted by atomic mass is 10.0. The molecule has 1 aliphatic rings. The van der Waals surface area contributed by atoms with Crippen LogP contribution in [0.3, 0.4) is 0 Å². The number of hydrogen-bond donors (Lipinski definition) is 1. The summed E-state index contributed by atoms with van der Waals surface area (Å²) >= 11 is 0. The fourth-order valence-electron chi connectivity index (χ4n) is 2.82. The van der Waals surface area contributed by atoms with E-state index in [-0.39, 0.29) is 12.4 Å². The molecule has 21 heavy (non-hydrogen) atoms. The highest BCUT2D eigenvalue weighted by atomic mass is 19.1. The van der Waals surface area contributed by atoms with Crippen molar-refractivity contribution in [1.82, 2.24) is 9.80 Å². The van der Waals surface area contributed by atoms with E-state index in [0.29, 0.717) is 17.6 Å². The zero-order chi connectivity index (χ0) is 15.4. The Kier molecular flexibility index (Phi) is 5.35. The summed E-state index contributed by atoms with van der Waals surface area (Å²) in [6.45, 7) is 6.98. The van der Waals surface area contributed by atoms with Crippen LogP contribution in [0.25, 0.3) is 0 Å². The molecule has 1 aromatic carbocycles. The molecule has 2 rings (SSSR count). The van der Waals surface area contributed by atoms with Crippen LogP contribution in [0.5, 0.6) is 0 Å². The number of piperazine rings is 1. The Bertz CT molecular complexity index is 537. The molecule has 2 atom stereocenters. The summed E-state index contributed by atoms with van der Waals surface area (Å²) in [6.07, 6.45) is 0. The summed E-state index contributed by atoms with van der Waals surface area (Å²) in [5.74, 6) is 5.16. The Morgan fingerprint density at radius 2 is 1.95 bits per heavy atom. The molecule has 1 aliphatic heterocycles. The Labute approximate surface area is 126 Å². The van der Waals surface area contributed by atoms with Crippen molar-refractivity contribution in [2.24, 2.45) is 0 Å². The second-order valence-electron chi connectivity index (χ2n) is 5.82. The van der Waals surface area contributed by atoms with Crippen LogP contribution in [-0.2, 0) is 6.54 Å². The van der Waals surface area contributed by atoms with Gasteiger partial charge >= 0.3 is 0 Å². The Morgan fingerprint density at radius 1 is 1.29 bits per heavy atom. The Morgan fingerprint density at radius 3 is 2.57 bits per heavy atom. The van der Waals surface area contributed by atoms with Gasteiger partial charge in [0.15, 0.2) is 0 Å². The van der Waals surface area contributed by atoms with Crippen molar-refractivity contribution < 1.29 is 9.50 Å². The molecule has 0 aliphatic carbocycles. The molecule has 0 amide bonds. The molecule has 4 heteroatoms. The zero-order valence-electron chi connectivity index (χ0n) is 12.9. The molecule has 1 saturated heterocycles. The van der Waals surface area contributed by atoms with Crippen molar-refractivity contribution in [3.05, 3.63) is 35.1 Å². The largest absolute Gasteiger partial charge is 0.384 e. The molecule has 1 heterocycles. The molecule has 1 aromatic rings. The number of likely N-dealkylation sites (N-methyl/N-ethyl adjacent to an activating group) is 1. The third-order valence-electron chi connectivity index (χ3n) is 4.20. The Hall–Kier alpha value is -1.41. The molecule has 0 bridgehead atoms. The second-order valence-corrected chi connectivity index (χ2v) is 5.82. The van der Waals surface area contributed by atoms with Gasteiger partial charge in [-0.2, -0.15) is 0 Å². The molecule has 0 radical (unpaired) electrons. The van der Waals surface area contributed by atoms with Gasteiger partial charge in [-0.3, -0.25) is 9.80 Å². The van der Waals surface area contributed by atoms with E-state index in [1.807, 2.05) is 0 Å². The maximum Gasteiger partial charge on any atom is 0.124 e. The van der Waals surface area contributed by atoms with E-state index < -0.39 is 0 Å². The number of halogens is 1. The van der Waals surface area contributed by atoms with E-state index in [4.69, 9.17) is 5.11 Å². The molecule has 0 aromatic heterocycles. The lowest BCUT2D eigenvalue weighted by Crippen LogP contribution is -2.54. The highest BCUT2D eigenvalue weighted by molar-refractivity contribution is 5.41. The molecule has 0 spiro atoms. The standard InChI is InChI=1S/C17H23FN2O/c1-13-10-20(11-14(2)19(13)3)12-16-6-7-17(18)9-15(16)5-4-8-21/h6-7,9,13-14,21H,8,10-12H2,1-3H3. The minimum atomic E-state index is -0.291. The van der Waals surface area contributed by atoms with Gasteiger partial charge < -0.3 is 5.11 Å². The van der Waals surface area contributed by atoms with Crippen LogP contribution in [0.4, 0.5) is 4.39 Å². The van der Waals surface area contributed by atoms with E-state index in [1.165, 1.54) is 12.1 Å². The van der Waals surface area contributed by atoms with E-state index in [1.54, 1.807) is 6.07 Å². The van der Waals surface area contributed by atoms with Crippen LogP contribution in [0, 0.1) is 17.7 Å². The van der Waals surface area contributed by atoms with Gasteiger partial charge in [0.1, 0.15) is 12.4 Å². The smallest absolute Gasteiger partial charge is 0.124 e. The third-order valence-corrected chi connectivity index (χ3v) is 4.20. The van der Waals surface area contributed by atoms with E-state index in [0.717, 1.165) is 25.2 Å². The Balaban J connectivity index is 2.16. The second kappa shape index (κ2) is 7.04. The quantitative estimate of drug-likeness (QED) is 0.840. The summed E-state index contributed by atoms with van der Waals surface area (Å²) in [4.78, 5) is 4.76. The normalized spacial score (nSPS) is 23.7. The van der Waals surface area contributed by atoms with Crippen molar-refractivity contribution in [1.29, 1.82) is 0 Å². The predicted molar refractivity (Wildman–Crippen MR) is 82.3 cm³/mol.